The van der Waals surface area contributed by atoms with Crippen molar-refractivity contribution in [2.24, 2.45) is 0 Å². The number of ether oxygens (including phenoxy) is 2. The summed E-state index contributed by atoms with van der Waals surface area (Å²) in [6, 6.07) is 0. The molecule has 0 aromatic rings. The topological polar surface area (TPSA) is 59.1 Å². The van der Waals surface area contributed by atoms with Crippen molar-refractivity contribution in [3.8, 4) is 0 Å². The molecule has 1 amide bonds. The van der Waals surface area contributed by atoms with E-state index < -0.39 is 0 Å². The maximum absolute atomic E-state index is 12.1. The molecule has 1 atom stereocenters. The minimum absolute atomic E-state index is 0.105. The molecule has 0 bridgehead atoms. The summed E-state index contributed by atoms with van der Waals surface area (Å²) < 4.78 is 10.3. The van der Waals surface area contributed by atoms with Gasteiger partial charge in [-0.15, -0.1) is 0 Å². The average Bonchev–Trinajstić information content (AvgIpc) is 2.93. The van der Waals surface area contributed by atoms with Crippen LogP contribution < -0.4 is 0 Å². The van der Waals surface area contributed by atoms with Gasteiger partial charge in [-0.2, -0.15) is 0 Å². The van der Waals surface area contributed by atoms with Crippen molar-refractivity contribution in [3.63, 3.8) is 0 Å². The maximum Gasteiger partial charge on any atom is 0.320 e. The van der Waals surface area contributed by atoms with Crippen LogP contribution in [-0.2, 0) is 19.1 Å². The van der Waals surface area contributed by atoms with Crippen LogP contribution in [0.5, 0.6) is 0 Å². The average molecular weight is 270 g/mol. The summed E-state index contributed by atoms with van der Waals surface area (Å²) in [6.45, 7) is 5.99. The second kappa shape index (κ2) is 6.86. The van der Waals surface area contributed by atoms with Crippen molar-refractivity contribution in [1.82, 2.24) is 9.80 Å². The molecule has 19 heavy (non-hydrogen) atoms. The Kier molecular flexibility index (Phi) is 5.15. The van der Waals surface area contributed by atoms with Gasteiger partial charge in [-0.25, -0.2) is 0 Å². The lowest BCUT2D eigenvalue weighted by atomic mass is 10.2. The Morgan fingerprint density at radius 3 is 2.58 bits per heavy atom. The molecule has 0 saturated carbocycles. The molecule has 108 valence electrons. The highest BCUT2D eigenvalue weighted by Crippen LogP contribution is 2.15. The fourth-order valence-corrected chi connectivity index (χ4v) is 2.49. The summed E-state index contributed by atoms with van der Waals surface area (Å²) in [5.41, 5.74) is 0. The van der Waals surface area contributed by atoms with Crippen LogP contribution in [-0.4, -0.2) is 73.7 Å². The number of esters is 1. The second-order valence-corrected chi connectivity index (χ2v) is 4.91. The van der Waals surface area contributed by atoms with Crippen LogP contribution in [0.15, 0.2) is 0 Å². The zero-order chi connectivity index (χ0) is 13.7. The molecule has 6 heteroatoms. The third-order valence-corrected chi connectivity index (χ3v) is 3.55. The Morgan fingerprint density at radius 1 is 1.26 bits per heavy atom. The van der Waals surface area contributed by atoms with Gasteiger partial charge >= 0.3 is 5.97 Å². The largest absolute Gasteiger partial charge is 0.465 e. The minimum atomic E-state index is -0.239. The van der Waals surface area contributed by atoms with Crippen LogP contribution >= 0.6 is 0 Å². The van der Waals surface area contributed by atoms with E-state index in [-0.39, 0.29) is 18.0 Å². The molecule has 2 heterocycles. The molecule has 0 spiro atoms. The van der Waals surface area contributed by atoms with Gasteiger partial charge < -0.3 is 14.4 Å². The van der Waals surface area contributed by atoms with Crippen LogP contribution in [0.1, 0.15) is 19.8 Å². The van der Waals surface area contributed by atoms with Crippen LogP contribution in [0.3, 0.4) is 0 Å². The lowest BCUT2D eigenvalue weighted by molar-refractivity contribution is -0.146. The van der Waals surface area contributed by atoms with Gasteiger partial charge in [0.2, 0.25) is 0 Å². The summed E-state index contributed by atoms with van der Waals surface area (Å²) in [7, 11) is 0. The van der Waals surface area contributed by atoms with Gasteiger partial charge in [0.1, 0.15) is 6.10 Å². The number of nitrogens with zero attached hydrogens (tertiary/aromatic N) is 2. The summed E-state index contributed by atoms with van der Waals surface area (Å²) in [5, 5.41) is 0. The number of rotatable bonds is 4. The summed E-state index contributed by atoms with van der Waals surface area (Å²) in [5.74, 6) is -0.0883. The highest BCUT2D eigenvalue weighted by atomic mass is 16.5. The predicted octanol–water partition coefficient (Wildman–Crippen LogP) is -0.127. The molecule has 2 aliphatic heterocycles. The van der Waals surface area contributed by atoms with Crippen molar-refractivity contribution in [3.05, 3.63) is 0 Å². The van der Waals surface area contributed by atoms with E-state index in [2.05, 4.69) is 0 Å². The molecule has 2 saturated heterocycles. The fourth-order valence-electron chi connectivity index (χ4n) is 2.49. The van der Waals surface area contributed by atoms with E-state index in [0.717, 1.165) is 25.9 Å². The highest BCUT2D eigenvalue weighted by molar-refractivity contribution is 5.81. The SMILES string of the molecule is CCOC(=O)CN1CCN(C(=O)C2CCCO2)CC1. The minimum Gasteiger partial charge on any atom is -0.465 e. The highest BCUT2D eigenvalue weighted by Gasteiger charge is 2.30. The summed E-state index contributed by atoms with van der Waals surface area (Å²) >= 11 is 0. The molecule has 0 radical (unpaired) electrons. The first kappa shape index (κ1) is 14.3. The Balaban J connectivity index is 1.72. The number of carbonyl (C=O) groups is 2. The number of carbonyl (C=O) groups excluding carboxylic acids is 2. The summed E-state index contributed by atoms with van der Waals surface area (Å²) in [4.78, 5) is 27.4. The third-order valence-electron chi connectivity index (χ3n) is 3.55. The Morgan fingerprint density at radius 2 is 2.00 bits per heavy atom. The van der Waals surface area contributed by atoms with Gasteiger partial charge in [-0.3, -0.25) is 14.5 Å². The van der Waals surface area contributed by atoms with Crippen molar-refractivity contribution in [1.29, 1.82) is 0 Å². The van der Waals surface area contributed by atoms with Gasteiger partial charge in [0.25, 0.3) is 5.91 Å². The zero-order valence-corrected chi connectivity index (χ0v) is 11.5. The maximum atomic E-state index is 12.1. The Bertz CT molecular complexity index is 321. The van der Waals surface area contributed by atoms with E-state index in [1.54, 1.807) is 6.92 Å². The van der Waals surface area contributed by atoms with Crippen LogP contribution in [0.4, 0.5) is 0 Å². The molecule has 2 aliphatic rings. The first-order valence-electron chi connectivity index (χ1n) is 6.99. The Labute approximate surface area is 113 Å². The van der Waals surface area contributed by atoms with Crippen molar-refractivity contribution in [2.75, 3.05) is 45.9 Å². The number of hydrogen-bond acceptors (Lipinski definition) is 5. The lowest BCUT2D eigenvalue weighted by Crippen LogP contribution is -2.52. The van der Waals surface area contributed by atoms with E-state index in [1.807, 2.05) is 9.80 Å². The van der Waals surface area contributed by atoms with Gasteiger partial charge in [0.05, 0.1) is 13.2 Å². The molecular weight excluding hydrogens is 248 g/mol. The molecular formula is C13H22N2O4. The van der Waals surface area contributed by atoms with Crippen LogP contribution in [0.25, 0.3) is 0 Å². The molecule has 1 unspecified atom stereocenters. The quantitative estimate of drug-likeness (QED) is 0.666. The van der Waals surface area contributed by atoms with Crippen molar-refractivity contribution in [2.45, 2.75) is 25.9 Å². The fraction of sp³-hybridized carbons (Fsp3) is 0.846. The number of hydrogen-bond donors (Lipinski definition) is 0. The van der Waals surface area contributed by atoms with E-state index in [4.69, 9.17) is 9.47 Å². The molecule has 2 rings (SSSR count). The van der Waals surface area contributed by atoms with E-state index in [9.17, 15) is 9.59 Å². The lowest BCUT2D eigenvalue weighted by Gasteiger charge is -2.35. The molecule has 2 fully saturated rings. The third kappa shape index (κ3) is 3.91. The van der Waals surface area contributed by atoms with Crippen LogP contribution in [0, 0.1) is 0 Å². The first-order valence-corrected chi connectivity index (χ1v) is 6.99. The summed E-state index contributed by atoms with van der Waals surface area (Å²) in [6.07, 6.45) is 1.57. The van der Waals surface area contributed by atoms with Crippen molar-refractivity contribution < 1.29 is 19.1 Å². The molecule has 0 aromatic carbocycles. The first-order chi connectivity index (χ1) is 9.20. The second-order valence-electron chi connectivity index (χ2n) is 4.91. The van der Waals surface area contributed by atoms with Gasteiger partial charge in [-0.05, 0) is 19.8 Å². The molecule has 0 aromatic heterocycles. The predicted molar refractivity (Wildman–Crippen MR) is 68.6 cm³/mol. The van der Waals surface area contributed by atoms with E-state index in [1.165, 1.54) is 0 Å². The normalized spacial score (nSPS) is 24.5. The monoisotopic (exact) mass is 270 g/mol. The van der Waals surface area contributed by atoms with Crippen molar-refractivity contribution >= 4 is 11.9 Å². The standard InChI is InChI=1S/C13H22N2O4/c1-2-18-12(16)10-14-5-7-15(8-6-14)13(17)11-4-3-9-19-11/h11H,2-10H2,1H3. The molecule has 6 nitrogen and oxygen atoms in total. The Hall–Kier alpha value is -1.14. The van der Waals surface area contributed by atoms with E-state index >= 15 is 0 Å². The van der Waals surface area contributed by atoms with Gasteiger partial charge in [-0.1, -0.05) is 0 Å². The van der Waals surface area contributed by atoms with E-state index in [0.29, 0.717) is 32.8 Å². The smallest absolute Gasteiger partial charge is 0.320 e. The number of piperazine rings is 1. The molecule has 0 aliphatic carbocycles. The molecule has 0 N–H and O–H groups in total. The number of amides is 1. The van der Waals surface area contributed by atoms with Crippen LogP contribution in [0.2, 0.25) is 0 Å². The zero-order valence-electron chi connectivity index (χ0n) is 11.5. The van der Waals surface area contributed by atoms with Gasteiger partial charge in [0.15, 0.2) is 0 Å². The van der Waals surface area contributed by atoms with Gasteiger partial charge in [0, 0.05) is 32.8 Å².